The smallest absolute Gasteiger partial charge is 0.292 e. The van der Waals surface area contributed by atoms with Crippen molar-refractivity contribution in [1.29, 1.82) is 0 Å². The third kappa shape index (κ3) is 2.73. The number of anilines is 2. The summed E-state index contributed by atoms with van der Waals surface area (Å²) in [6.07, 6.45) is 3.36. The molecule has 0 fully saturated rings. The second-order valence-electron chi connectivity index (χ2n) is 3.62. The van der Waals surface area contributed by atoms with Crippen molar-refractivity contribution in [3.8, 4) is 0 Å². The van der Waals surface area contributed by atoms with Crippen LogP contribution in [-0.2, 0) is 6.54 Å². The Bertz CT molecular complexity index is 539. The number of nitrogen functional groups attached to an aromatic ring is 1. The molecule has 2 rings (SSSR count). The van der Waals surface area contributed by atoms with E-state index in [1.54, 1.807) is 29.2 Å². The van der Waals surface area contributed by atoms with Gasteiger partial charge in [0.1, 0.15) is 5.69 Å². The molecule has 2 aromatic rings. The van der Waals surface area contributed by atoms with Crippen molar-refractivity contribution in [2.45, 2.75) is 6.54 Å². The van der Waals surface area contributed by atoms with E-state index in [0.29, 0.717) is 13.1 Å². The van der Waals surface area contributed by atoms with Crippen LogP contribution >= 0.6 is 0 Å². The van der Waals surface area contributed by atoms with Gasteiger partial charge in [0.25, 0.3) is 5.69 Å². The number of nitro benzene ring substituents is 1. The first-order valence-electron chi connectivity index (χ1n) is 5.28. The Labute approximate surface area is 103 Å². The zero-order chi connectivity index (χ0) is 13.0. The Morgan fingerprint density at radius 1 is 1.50 bits per heavy atom. The number of nitro groups is 1. The monoisotopic (exact) mass is 248 g/mol. The third-order valence-corrected chi connectivity index (χ3v) is 2.37. The van der Waals surface area contributed by atoms with E-state index in [4.69, 9.17) is 5.73 Å². The zero-order valence-corrected chi connectivity index (χ0v) is 9.48. The number of hydrogen-bond acceptors (Lipinski definition) is 6. The fourth-order valence-corrected chi connectivity index (χ4v) is 1.50. The second kappa shape index (κ2) is 5.13. The highest BCUT2D eigenvalue weighted by Crippen LogP contribution is 2.24. The molecule has 8 nitrogen and oxygen atoms in total. The number of hydrogen-bond donors (Lipinski definition) is 2. The highest BCUT2D eigenvalue weighted by Gasteiger charge is 2.10. The minimum atomic E-state index is -0.505. The molecule has 0 amide bonds. The van der Waals surface area contributed by atoms with E-state index >= 15 is 0 Å². The molecule has 1 aromatic heterocycles. The molecule has 0 radical (unpaired) electrons. The van der Waals surface area contributed by atoms with Crippen LogP contribution in [0.5, 0.6) is 0 Å². The molecule has 18 heavy (non-hydrogen) atoms. The molecule has 0 saturated heterocycles. The Balaban J connectivity index is 1.94. The maximum atomic E-state index is 10.6. The van der Waals surface area contributed by atoms with Crippen molar-refractivity contribution in [3.05, 3.63) is 40.7 Å². The predicted molar refractivity (Wildman–Crippen MR) is 66.0 cm³/mol. The lowest BCUT2D eigenvalue weighted by atomic mass is 10.2. The van der Waals surface area contributed by atoms with Crippen LogP contribution in [0, 0.1) is 10.1 Å². The highest BCUT2D eigenvalue weighted by molar-refractivity contribution is 5.65. The van der Waals surface area contributed by atoms with Gasteiger partial charge in [0.15, 0.2) is 0 Å². The van der Waals surface area contributed by atoms with E-state index in [9.17, 15) is 10.1 Å². The fourth-order valence-electron chi connectivity index (χ4n) is 1.50. The number of nitrogens with one attached hydrogen (secondary N) is 1. The lowest BCUT2D eigenvalue weighted by molar-refractivity contribution is -0.383. The molecule has 0 spiro atoms. The van der Waals surface area contributed by atoms with E-state index in [-0.39, 0.29) is 11.4 Å². The van der Waals surface area contributed by atoms with E-state index in [2.05, 4.69) is 15.6 Å². The van der Waals surface area contributed by atoms with E-state index in [1.165, 1.54) is 6.07 Å². The van der Waals surface area contributed by atoms with Crippen molar-refractivity contribution in [1.82, 2.24) is 15.0 Å². The topological polar surface area (TPSA) is 112 Å². The summed E-state index contributed by atoms with van der Waals surface area (Å²) < 4.78 is 1.68. The lowest BCUT2D eigenvalue weighted by Gasteiger charge is -2.07. The van der Waals surface area contributed by atoms with E-state index < -0.39 is 4.92 Å². The zero-order valence-electron chi connectivity index (χ0n) is 9.48. The molecule has 1 aromatic carbocycles. The summed E-state index contributed by atoms with van der Waals surface area (Å²) in [5, 5.41) is 21.2. The van der Waals surface area contributed by atoms with Gasteiger partial charge in [0.05, 0.1) is 17.7 Å². The van der Waals surface area contributed by atoms with Crippen molar-refractivity contribution < 1.29 is 4.92 Å². The van der Waals surface area contributed by atoms with Gasteiger partial charge in [-0.25, -0.2) is 0 Å². The number of rotatable bonds is 5. The van der Waals surface area contributed by atoms with Gasteiger partial charge in [-0.05, 0) is 12.1 Å². The summed E-state index contributed by atoms with van der Waals surface area (Å²) in [4.78, 5) is 10.1. The van der Waals surface area contributed by atoms with Gasteiger partial charge in [0, 0.05) is 24.5 Å². The summed E-state index contributed by atoms with van der Waals surface area (Å²) in [5.74, 6) is 0. The van der Waals surface area contributed by atoms with Crippen LogP contribution < -0.4 is 11.1 Å². The summed E-state index contributed by atoms with van der Waals surface area (Å²) in [6.45, 7) is 1.28. The first-order chi connectivity index (χ1) is 8.66. The molecule has 0 aliphatic heterocycles. The van der Waals surface area contributed by atoms with E-state index in [1.807, 2.05) is 0 Å². The van der Waals surface area contributed by atoms with Crippen LogP contribution in [0.15, 0.2) is 30.6 Å². The first kappa shape index (κ1) is 11.8. The number of aromatic nitrogens is 3. The van der Waals surface area contributed by atoms with Gasteiger partial charge >= 0.3 is 0 Å². The van der Waals surface area contributed by atoms with Gasteiger partial charge in [-0.1, -0.05) is 5.21 Å². The quantitative estimate of drug-likeness (QED) is 0.461. The summed E-state index contributed by atoms with van der Waals surface area (Å²) in [6, 6.07) is 4.54. The SMILES string of the molecule is Nc1cc(NCCn2ccnn2)ccc1[N+](=O)[O-]. The Hall–Kier alpha value is -2.64. The second-order valence-corrected chi connectivity index (χ2v) is 3.62. The third-order valence-electron chi connectivity index (χ3n) is 2.37. The van der Waals surface area contributed by atoms with Gasteiger partial charge in [-0.2, -0.15) is 0 Å². The van der Waals surface area contributed by atoms with Gasteiger partial charge < -0.3 is 11.1 Å². The predicted octanol–water partition coefficient (Wildman–Crippen LogP) is 0.881. The maximum absolute atomic E-state index is 10.6. The molecule has 0 aliphatic rings. The van der Waals surface area contributed by atoms with Gasteiger partial charge in [-0.3, -0.25) is 14.8 Å². The molecule has 0 saturated carbocycles. The molecular formula is C10H12N6O2. The molecule has 94 valence electrons. The Morgan fingerprint density at radius 2 is 2.33 bits per heavy atom. The van der Waals surface area contributed by atoms with Crippen LogP contribution in [0.4, 0.5) is 17.1 Å². The van der Waals surface area contributed by atoms with Crippen molar-refractivity contribution >= 4 is 17.1 Å². The molecule has 1 heterocycles. The minimum Gasteiger partial charge on any atom is -0.393 e. The highest BCUT2D eigenvalue weighted by atomic mass is 16.6. The maximum Gasteiger partial charge on any atom is 0.292 e. The van der Waals surface area contributed by atoms with Crippen LogP contribution in [0.2, 0.25) is 0 Å². The molecule has 0 atom stereocenters. The van der Waals surface area contributed by atoms with Gasteiger partial charge in [0.2, 0.25) is 0 Å². The average Bonchev–Trinajstić information content (AvgIpc) is 2.81. The molecular weight excluding hydrogens is 236 g/mol. The Kier molecular flexibility index (Phi) is 3.37. The number of nitrogens with zero attached hydrogens (tertiary/aromatic N) is 4. The fraction of sp³-hybridized carbons (Fsp3) is 0.200. The van der Waals surface area contributed by atoms with Crippen LogP contribution in [-0.4, -0.2) is 26.5 Å². The molecule has 8 heteroatoms. The molecule has 0 aliphatic carbocycles. The summed E-state index contributed by atoms with van der Waals surface area (Å²) in [5.41, 5.74) is 6.37. The van der Waals surface area contributed by atoms with Crippen LogP contribution in [0.3, 0.4) is 0 Å². The van der Waals surface area contributed by atoms with Gasteiger partial charge in [-0.15, -0.1) is 5.10 Å². The standard InChI is InChI=1S/C10H12N6O2/c11-9-7-8(1-2-10(9)16(17)18)12-3-5-15-6-4-13-14-15/h1-2,4,6-7,12H,3,5,11H2. The Morgan fingerprint density at radius 3 is 2.94 bits per heavy atom. The van der Waals surface area contributed by atoms with E-state index in [0.717, 1.165) is 5.69 Å². The normalized spacial score (nSPS) is 10.2. The van der Waals surface area contributed by atoms with Crippen molar-refractivity contribution in [2.24, 2.45) is 0 Å². The first-order valence-corrected chi connectivity index (χ1v) is 5.28. The minimum absolute atomic E-state index is 0.0863. The molecule has 0 bridgehead atoms. The largest absolute Gasteiger partial charge is 0.393 e. The lowest BCUT2D eigenvalue weighted by Crippen LogP contribution is -2.11. The molecule has 0 unspecified atom stereocenters. The van der Waals surface area contributed by atoms with Crippen LogP contribution in [0.25, 0.3) is 0 Å². The number of benzene rings is 1. The van der Waals surface area contributed by atoms with Crippen LogP contribution in [0.1, 0.15) is 0 Å². The van der Waals surface area contributed by atoms with Crippen molar-refractivity contribution in [3.63, 3.8) is 0 Å². The average molecular weight is 248 g/mol. The molecule has 3 N–H and O–H groups in total. The summed E-state index contributed by atoms with van der Waals surface area (Å²) >= 11 is 0. The van der Waals surface area contributed by atoms with Crippen molar-refractivity contribution in [2.75, 3.05) is 17.6 Å². The number of nitrogens with two attached hydrogens (primary N) is 1. The summed E-state index contributed by atoms with van der Waals surface area (Å²) in [7, 11) is 0.